The predicted molar refractivity (Wildman–Crippen MR) is 84.1 cm³/mol. The fraction of sp³-hybridized carbons (Fsp3) is 0.500. The number of carbonyl (C=O) groups is 1. The number of nitrogens with one attached hydrogen (secondary N) is 1. The number of amides is 1. The second kappa shape index (κ2) is 6.96. The number of aromatic nitrogens is 4. The maximum absolute atomic E-state index is 12.7. The van der Waals surface area contributed by atoms with Gasteiger partial charge in [-0.2, -0.15) is 23.4 Å². The Hall–Kier alpha value is -1.84. The van der Waals surface area contributed by atoms with Gasteiger partial charge in [0.2, 0.25) is 5.91 Å². The van der Waals surface area contributed by atoms with Crippen LogP contribution in [0.4, 0.5) is 13.2 Å². The van der Waals surface area contributed by atoms with Gasteiger partial charge in [0.05, 0.1) is 16.7 Å². The molecule has 0 aromatic carbocycles. The number of aryl methyl sites for hydroxylation is 2. The van der Waals surface area contributed by atoms with Crippen molar-refractivity contribution in [3.63, 3.8) is 0 Å². The van der Waals surface area contributed by atoms with Crippen LogP contribution in [-0.2, 0) is 24.1 Å². The molecule has 0 saturated heterocycles. The SMILES string of the molecule is CCn1cc(Br)c(CNC(=O)C(C)n2nc(C(F)(F)F)cc2C)n1. The molecule has 2 rings (SSSR count). The Morgan fingerprint density at radius 1 is 1.42 bits per heavy atom. The summed E-state index contributed by atoms with van der Waals surface area (Å²) in [5.74, 6) is -0.437. The molecule has 0 radical (unpaired) electrons. The van der Waals surface area contributed by atoms with Crippen molar-refractivity contribution in [2.24, 2.45) is 0 Å². The van der Waals surface area contributed by atoms with Crippen molar-refractivity contribution in [3.8, 4) is 0 Å². The van der Waals surface area contributed by atoms with Crippen molar-refractivity contribution in [1.82, 2.24) is 24.9 Å². The average Bonchev–Trinajstić information content (AvgIpc) is 3.06. The molecule has 1 unspecified atom stereocenters. The van der Waals surface area contributed by atoms with Crippen LogP contribution in [0.1, 0.15) is 37.0 Å². The van der Waals surface area contributed by atoms with E-state index in [0.29, 0.717) is 12.2 Å². The summed E-state index contributed by atoms with van der Waals surface area (Å²) in [5, 5.41) is 10.4. The number of halogens is 4. The highest BCUT2D eigenvalue weighted by molar-refractivity contribution is 9.10. The summed E-state index contributed by atoms with van der Waals surface area (Å²) in [6.45, 7) is 5.77. The minimum absolute atomic E-state index is 0.170. The second-order valence-electron chi connectivity index (χ2n) is 5.29. The zero-order valence-electron chi connectivity index (χ0n) is 13.4. The minimum atomic E-state index is -4.54. The molecule has 0 aliphatic carbocycles. The zero-order valence-corrected chi connectivity index (χ0v) is 14.9. The van der Waals surface area contributed by atoms with E-state index in [2.05, 4.69) is 31.4 Å². The Morgan fingerprint density at radius 2 is 2.08 bits per heavy atom. The van der Waals surface area contributed by atoms with Crippen molar-refractivity contribution < 1.29 is 18.0 Å². The first-order valence-electron chi connectivity index (χ1n) is 7.26. The van der Waals surface area contributed by atoms with Crippen LogP contribution in [0.3, 0.4) is 0 Å². The molecule has 6 nitrogen and oxygen atoms in total. The van der Waals surface area contributed by atoms with Gasteiger partial charge in [0.25, 0.3) is 0 Å². The summed E-state index contributed by atoms with van der Waals surface area (Å²) < 4.78 is 41.6. The van der Waals surface area contributed by atoms with Crippen LogP contribution in [-0.4, -0.2) is 25.5 Å². The van der Waals surface area contributed by atoms with Gasteiger partial charge in [-0.15, -0.1) is 0 Å². The Morgan fingerprint density at radius 3 is 2.58 bits per heavy atom. The highest BCUT2D eigenvalue weighted by Crippen LogP contribution is 2.29. The topological polar surface area (TPSA) is 64.7 Å². The molecule has 0 saturated carbocycles. The number of carbonyl (C=O) groups excluding carboxylic acids is 1. The molecule has 2 aromatic rings. The predicted octanol–water partition coefficient (Wildman–Crippen LogP) is 3.07. The first-order chi connectivity index (χ1) is 11.1. The Labute approximate surface area is 145 Å². The highest BCUT2D eigenvalue weighted by atomic mass is 79.9. The monoisotopic (exact) mass is 407 g/mol. The maximum Gasteiger partial charge on any atom is 0.435 e. The van der Waals surface area contributed by atoms with E-state index >= 15 is 0 Å². The molecule has 0 bridgehead atoms. The summed E-state index contributed by atoms with van der Waals surface area (Å²) in [7, 11) is 0. The zero-order chi connectivity index (χ0) is 18.1. The van der Waals surface area contributed by atoms with Crippen molar-refractivity contribution in [1.29, 1.82) is 0 Å². The van der Waals surface area contributed by atoms with E-state index in [1.807, 2.05) is 6.92 Å². The lowest BCUT2D eigenvalue weighted by Gasteiger charge is -2.14. The van der Waals surface area contributed by atoms with E-state index in [4.69, 9.17) is 0 Å². The van der Waals surface area contributed by atoms with E-state index in [0.717, 1.165) is 15.2 Å². The summed E-state index contributed by atoms with van der Waals surface area (Å²) in [4.78, 5) is 12.2. The van der Waals surface area contributed by atoms with Crippen LogP contribution in [0.15, 0.2) is 16.7 Å². The fourth-order valence-electron chi connectivity index (χ4n) is 2.17. The molecule has 1 atom stereocenters. The van der Waals surface area contributed by atoms with Gasteiger partial charge in [-0.05, 0) is 42.8 Å². The van der Waals surface area contributed by atoms with Gasteiger partial charge in [-0.3, -0.25) is 14.2 Å². The molecule has 0 spiro atoms. The molecular weight excluding hydrogens is 391 g/mol. The van der Waals surface area contributed by atoms with Crippen molar-refractivity contribution in [2.75, 3.05) is 0 Å². The third-order valence-corrected chi connectivity index (χ3v) is 4.16. The molecular formula is C14H17BrF3N5O. The third-order valence-electron chi connectivity index (χ3n) is 3.50. The molecule has 24 heavy (non-hydrogen) atoms. The van der Waals surface area contributed by atoms with Gasteiger partial charge in [-0.25, -0.2) is 0 Å². The van der Waals surface area contributed by atoms with Crippen LogP contribution in [0.5, 0.6) is 0 Å². The van der Waals surface area contributed by atoms with Crippen molar-refractivity contribution in [2.45, 2.75) is 46.1 Å². The van der Waals surface area contributed by atoms with E-state index < -0.39 is 23.8 Å². The quantitative estimate of drug-likeness (QED) is 0.827. The summed E-state index contributed by atoms with van der Waals surface area (Å²) in [6, 6.07) is 0.0525. The van der Waals surface area contributed by atoms with Gasteiger partial charge in [0.15, 0.2) is 5.69 Å². The van der Waals surface area contributed by atoms with Gasteiger partial charge < -0.3 is 5.32 Å². The van der Waals surface area contributed by atoms with E-state index in [-0.39, 0.29) is 12.2 Å². The third kappa shape index (κ3) is 3.97. The molecule has 0 aliphatic rings. The molecule has 132 valence electrons. The average molecular weight is 408 g/mol. The largest absolute Gasteiger partial charge is 0.435 e. The molecule has 10 heteroatoms. The molecule has 1 amide bonds. The van der Waals surface area contributed by atoms with Crippen LogP contribution in [0.2, 0.25) is 0 Å². The van der Waals surface area contributed by atoms with E-state index in [1.54, 1.807) is 10.9 Å². The lowest BCUT2D eigenvalue weighted by Crippen LogP contribution is -2.32. The van der Waals surface area contributed by atoms with Crippen LogP contribution >= 0.6 is 15.9 Å². The Kier molecular flexibility index (Phi) is 5.36. The number of rotatable bonds is 5. The number of hydrogen-bond donors (Lipinski definition) is 1. The van der Waals surface area contributed by atoms with Gasteiger partial charge in [-0.1, -0.05) is 0 Å². The van der Waals surface area contributed by atoms with Gasteiger partial charge in [0, 0.05) is 18.4 Å². The lowest BCUT2D eigenvalue weighted by atomic mass is 10.3. The fourth-order valence-corrected chi connectivity index (χ4v) is 2.62. The van der Waals surface area contributed by atoms with Crippen LogP contribution in [0.25, 0.3) is 0 Å². The first-order valence-corrected chi connectivity index (χ1v) is 8.05. The summed E-state index contributed by atoms with van der Waals surface area (Å²) in [6.07, 6.45) is -2.75. The molecule has 2 aromatic heterocycles. The number of alkyl halides is 3. The summed E-state index contributed by atoms with van der Waals surface area (Å²) >= 11 is 3.35. The lowest BCUT2D eigenvalue weighted by molar-refractivity contribution is -0.142. The van der Waals surface area contributed by atoms with Gasteiger partial charge in [0.1, 0.15) is 6.04 Å². The van der Waals surface area contributed by atoms with Crippen molar-refractivity contribution in [3.05, 3.63) is 33.8 Å². The van der Waals surface area contributed by atoms with E-state index in [9.17, 15) is 18.0 Å². The standard InChI is InChI=1S/C14H17BrF3N5O/c1-4-22-7-10(15)11(20-22)6-19-13(24)9(3)23-8(2)5-12(21-23)14(16,17)18/h5,7,9H,4,6H2,1-3H3,(H,19,24). The number of hydrogen-bond acceptors (Lipinski definition) is 3. The molecule has 1 N–H and O–H groups in total. The first kappa shape index (κ1) is 18.5. The Bertz CT molecular complexity index is 737. The normalized spacial score (nSPS) is 13.1. The molecule has 0 aliphatic heterocycles. The minimum Gasteiger partial charge on any atom is -0.348 e. The highest BCUT2D eigenvalue weighted by Gasteiger charge is 2.35. The van der Waals surface area contributed by atoms with Gasteiger partial charge >= 0.3 is 6.18 Å². The summed E-state index contributed by atoms with van der Waals surface area (Å²) in [5.41, 5.74) is -0.101. The number of nitrogens with zero attached hydrogens (tertiary/aromatic N) is 4. The smallest absolute Gasteiger partial charge is 0.348 e. The Balaban J connectivity index is 2.07. The van der Waals surface area contributed by atoms with E-state index in [1.165, 1.54) is 13.8 Å². The molecule has 0 fully saturated rings. The molecule has 2 heterocycles. The van der Waals surface area contributed by atoms with Crippen LogP contribution in [0, 0.1) is 6.92 Å². The van der Waals surface area contributed by atoms with Crippen LogP contribution < -0.4 is 5.32 Å². The maximum atomic E-state index is 12.7. The van der Waals surface area contributed by atoms with Crippen molar-refractivity contribution >= 4 is 21.8 Å². The second-order valence-corrected chi connectivity index (χ2v) is 6.14.